The van der Waals surface area contributed by atoms with E-state index in [1.165, 1.54) is 25.3 Å². The molecule has 0 saturated heterocycles. The first-order chi connectivity index (χ1) is 8.26. The number of para-hydroxylation sites is 1. The van der Waals surface area contributed by atoms with Crippen LogP contribution in [0.25, 0.3) is 0 Å². The monoisotopic (exact) mass is 237 g/mol. The summed E-state index contributed by atoms with van der Waals surface area (Å²) in [7, 11) is 0. The number of aliphatic hydroxyl groups excluding tert-OH is 1. The Hall–Kier alpha value is -1.09. The van der Waals surface area contributed by atoms with E-state index in [1.807, 2.05) is 6.92 Å². The van der Waals surface area contributed by atoms with Crippen molar-refractivity contribution in [3.63, 3.8) is 0 Å². The molecule has 0 aliphatic heterocycles. The number of aliphatic hydroxyl groups is 1. The minimum Gasteiger partial charge on any atom is -0.392 e. The van der Waals surface area contributed by atoms with Crippen molar-refractivity contribution in [2.45, 2.75) is 32.8 Å². The zero-order valence-corrected chi connectivity index (χ0v) is 10.3. The highest BCUT2D eigenvalue weighted by molar-refractivity contribution is 5.54. The fourth-order valence-corrected chi connectivity index (χ4v) is 2.41. The third-order valence-electron chi connectivity index (χ3n) is 3.64. The smallest absolute Gasteiger partial charge is 0.146 e. The molecule has 2 nitrogen and oxygen atoms in total. The van der Waals surface area contributed by atoms with Crippen LogP contribution < -0.4 is 4.90 Å². The molecule has 0 radical (unpaired) electrons. The van der Waals surface area contributed by atoms with E-state index in [0.29, 0.717) is 17.2 Å². The van der Waals surface area contributed by atoms with E-state index in [1.54, 1.807) is 12.1 Å². The maximum absolute atomic E-state index is 13.9. The van der Waals surface area contributed by atoms with Crippen molar-refractivity contribution in [3.8, 4) is 0 Å². The first-order valence-corrected chi connectivity index (χ1v) is 6.39. The summed E-state index contributed by atoms with van der Waals surface area (Å²) < 4.78 is 13.9. The van der Waals surface area contributed by atoms with Gasteiger partial charge in [0.05, 0.1) is 12.3 Å². The molecule has 1 N–H and O–H groups in total. The van der Waals surface area contributed by atoms with Gasteiger partial charge in [-0.25, -0.2) is 4.39 Å². The second-order valence-electron chi connectivity index (χ2n) is 4.74. The van der Waals surface area contributed by atoms with Crippen LogP contribution in [0.5, 0.6) is 0 Å². The molecule has 0 amide bonds. The van der Waals surface area contributed by atoms with Crippen molar-refractivity contribution < 1.29 is 9.50 Å². The number of rotatable bonds is 5. The van der Waals surface area contributed by atoms with Gasteiger partial charge in [-0.15, -0.1) is 0 Å². The Kier molecular flexibility index (Phi) is 4.00. The predicted molar refractivity (Wildman–Crippen MR) is 67.6 cm³/mol. The fraction of sp³-hybridized carbons (Fsp3) is 0.571. The molecule has 0 bridgehead atoms. The molecule has 94 valence electrons. The Morgan fingerprint density at radius 3 is 2.71 bits per heavy atom. The highest BCUT2D eigenvalue weighted by Gasteiger charge is 2.22. The van der Waals surface area contributed by atoms with Gasteiger partial charge < -0.3 is 10.0 Å². The van der Waals surface area contributed by atoms with Gasteiger partial charge in [0.1, 0.15) is 5.82 Å². The maximum Gasteiger partial charge on any atom is 0.146 e. The number of halogens is 1. The average molecular weight is 237 g/mol. The minimum atomic E-state index is -0.224. The maximum atomic E-state index is 13.9. The van der Waals surface area contributed by atoms with Crippen LogP contribution in [0.2, 0.25) is 0 Å². The Morgan fingerprint density at radius 1 is 1.41 bits per heavy atom. The van der Waals surface area contributed by atoms with Crippen LogP contribution in [0.3, 0.4) is 0 Å². The quantitative estimate of drug-likeness (QED) is 0.851. The molecule has 1 aliphatic carbocycles. The molecule has 0 atom stereocenters. The van der Waals surface area contributed by atoms with E-state index in [0.717, 1.165) is 13.1 Å². The Bertz CT molecular complexity index is 376. The van der Waals surface area contributed by atoms with E-state index in [9.17, 15) is 9.50 Å². The molecule has 3 heteroatoms. The number of benzene rings is 1. The summed E-state index contributed by atoms with van der Waals surface area (Å²) in [6, 6.07) is 4.92. The molecule has 1 aliphatic rings. The molecule has 0 heterocycles. The zero-order chi connectivity index (χ0) is 12.3. The van der Waals surface area contributed by atoms with Crippen LogP contribution in [0, 0.1) is 11.7 Å². The van der Waals surface area contributed by atoms with Gasteiger partial charge in [0, 0.05) is 18.7 Å². The van der Waals surface area contributed by atoms with Gasteiger partial charge in [-0.3, -0.25) is 0 Å². The Labute approximate surface area is 102 Å². The van der Waals surface area contributed by atoms with Gasteiger partial charge in [0.25, 0.3) is 0 Å². The van der Waals surface area contributed by atoms with Crippen molar-refractivity contribution in [2.24, 2.45) is 5.92 Å². The van der Waals surface area contributed by atoms with Crippen LogP contribution in [-0.2, 0) is 6.61 Å². The lowest BCUT2D eigenvalue weighted by Crippen LogP contribution is -2.33. The summed E-state index contributed by atoms with van der Waals surface area (Å²) in [4.78, 5) is 2.06. The molecule has 1 aromatic rings. The van der Waals surface area contributed by atoms with E-state index >= 15 is 0 Å². The second kappa shape index (κ2) is 5.50. The fourth-order valence-electron chi connectivity index (χ4n) is 2.41. The van der Waals surface area contributed by atoms with Gasteiger partial charge in [0.2, 0.25) is 0 Å². The van der Waals surface area contributed by atoms with Crippen molar-refractivity contribution in [2.75, 3.05) is 18.0 Å². The largest absolute Gasteiger partial charge is 0.392 e. The molecular weight excluding hydrogens is 217 g/mol. The van der Waals surface area contributed by atoms with Gasteiger partial charge in [0.15, 0.2) is 0 Å². The molecular formula is C14H20FNO. The number of anilines is 1. The van der Waals surface area contributed by atoms with Crippen molar-refractivity contribution in [1.82, 2.24) is 0 Å². The Balaban J connectivity index is 2.21. The van der Waals surface area contributed by atoms with Gasteiger partial charge in [-0.05, 0) is 31.7 Å². The zero-order valence-electron chi connectivity index (χ0n) is 10.3. The van der Waals surface area contributed by atoms with Gasteiger partial charge >= 0.3 is 0 Å². The molecule has 0 spiro atoms. The number of hydrogen-bond acceptors (Lipinski definition) is 2. The molecule has 0 unspecified atom stereocenters. The SMILES string of the molecule is CCN(CC1CCC1)c1c(F)cccc1CO. The highest BCUT2D eigenvalue weighted by atomic mass is 19.1. The highest BCUT2D eigenvalue weighted by Crippen LogP contribution is 2.31. The lowest BCUT2D eigenvalue weighted by Gasteiger charge is -2.34. The molecule has 2 rings (SSSR count). The standard InChI is InChI=1S/C14H20FNO/c1-2-16(9-11-5-3-6-11)14-12(10-17)7-4-8-13(14)15/h4,7-8,11,17H,2-3,5-6,9-10H2,1H3. The first-order valence-electron chi connectivity index (χ1n) is 6.39. The van der Waals surface area contributed by atoms with Crippen LogP contribution in [0.1, 0.15) is 31.7 Å². The molecule has 1 saturated carbocycles. The lowest BCUT2D eigenvalue weighted by molar-refractivity contribution is 0.280. The van der Waals surface area contributed by atoms with Crippen LogP contribution in [-0.4, -0.2) is 18.2 Å². The molecule has 1 fully saturated rings. The Morgan fingerprint density at radius 2 is 2.18 bits per heavy atom. The summed E-state index contributed by atoms with van der Waals surface area (Å²) >= 11 is 0. The van der Waals surface area contributed by atoms with Crippen LogP contribution in [0.4, 0.5) is 10.1 Å². The summed E-state index contributed by atoms with van der Waals surface area (Å²) in [5.41, 5.74) is 1.27. The van der Waals surface area contributed by atoms with Gasteiger partial charge in [-0.1, -0.05) is 18.6 Å². The van der Waals surface area contributed by atoms with E-state index in [4.69, 9.17) is 0 Å². The summed E-state index contributed by atoms with van der Waals surface area (Å²) in [6.07, 6.45) is 3.80. The van der Waals surface area contributed by atoms with Crippen LogP contribution in [0.15, 0.2) is 18.2 Å². The lowest BCUT2D eigenvalue weighted by atomic mass is 9.85. The third-order valence-corrected chi connectivity index (χ3v) is 3.64. The minimum absolute atomic E-state index is 0.103. The van der Waals surface area contributed by atoms with E-state index < -0.39 is 0 Å². The molecule has 0 aromatic heterocycles. The van der Waals surface area contributed by atoms with Crippen LogP contribution >= 0.6 is 0 Å². The number of nitrogens with zero attached hydrogens (tertiary/aromatic N) is 1. The first kappa shape index (κ1) is 12.4. The van der Waals surface area contributed by atoms with Gasteiger partial charge in [-0.2, -0.15) is 0 Å². The third kappa shape index (κ3) is 2.60. The molecule has 1 aromatic carbocycles. The average Bonchev–Trinajstić information content (AvgIpc) is 2.29. The molecule has 17 heavy (non-hydrogen) atoms. The van der Waals surface area contributed by atoms with E-state index in [-0.39, 0.29) is 12.4 Å². The summed E-state index contributed by atoms with van der Waals surface area (Å²) in [5, 5.41) is 9.30. The van der Waals surface area contributed by atoms with E-state index in [2.05, 4.69) is 4.90 Å². The summed E-state index contributed by atoms with van der Waals surface area (Å²) in [6.45, 7) is 3.62. The predicted octanol–water partition coefficient (Wildman–Crippen LogP) is 2.94. The normalized spacial score (nSPS) is 15.7. The summed E-state index contributed by atoms with van der Waals surface area (Å²) in [5.74, 6) is 0.471. The second-order valence-corrected chi connectivity index (χ2v) is 4.74. The van der Waals surface area contributed by atoms with Crippen molar-refractivity contribution in [1.29, 1.82) is 0 Å². The topological polar surface area (TPSA) is 23.5 Å². The van der Waals surface area contributed by atoms with Crippen molar-refractivity contribution in [3.05, 3.63) is 29.6 Å². The number of hydrogen-bond donors (Lipinski definition) is 1. The van der Waals surface area contributed by atoms with Crippen molar-refractivity contribution >= 4 is 5.69 Å².